The van der Waals surface area contributed by atoms with E-state index in [0.717, 1.165) is 24.8 Å². The van der Waals surface area contributed by atoms with Gasteiger partial charge in [-0.25, -0.2) is 0 Å². The Balaban J connectivity index is 1.40. The highest BCUT2D eigenvalue weighted by atomic mass is 16.2. The van der Waals surface area contributed by atoms with Gasteiger partial charge >= 0.3 is 0 Å². The van der Waals surface area contributed by atoms with Crippen molar-refractivity contribution in [2.24, 2.45) is 17.8 Å². The molecule has 4 aliphatic carbocycles. The lowest BCUT2D eigenvalue weighted by Crippen LogP contribution is -2.61. The Kier molecular flexibility index (Phi) is 6.04. The van der Waals surface area contributed by atoms with Gasteiger partial charge in [-0.05, 0) is 98.2 Å². The first-order chi connectivity index (χ1) is 18.0. The van der Waals surface area contributed by atoms with E-state index in [1.54, 1.807) is 29.2 Å². The van der Waals surface area contributed by atoms with Crippen LogP contribution in [0.2, 0.25) is 0 Å². The molecule has 0 aliphatic heterocycles. The Bertz CT molecular complexity index is 1290. The van der Waals surface area contributed by atoms with E-state index in [9.17, 15) is 14.9 Å². The van der Waals surface area contributed by atoms with Gasteiger partial charge < -0.3 is 5.32 Å². The average molecular weight is 490 g/mol. The first kappa shape index (κ1) is 23.5. The summed E-state index contributed by atoms with van der Waals surface area (Å²) in [5.41, 5.74) is 2.19. The van der Waals surface area contributed by atoms with Gasteiger partial charge in [0.2, 0.25) is 5.91 Å². The zero-order valence-electron chi connectivity index (χ0n) is 20.8. The molecule has 1 atom stereocenters. The topological polar surface area (TPSA) is 73.2 Å². The van der Waals surface area contributed by atoms with Gasteiger partial charge in [0.1, 0.15) is 6.04 Å². The molecular formula is C32H31N3O2. The normalized spacial score (nSPS) is 26.2. The van der Waals surface area contributed by atoms with Crippen molar-refractivity contribution in [2.45, 2.75) is 50.1 Å². The third-order valence-electron chi connectivity index (χ3n) is 8.56. The van der Waals surface area contributed by atoms with E-state index < -0.39 is 6.04 Å². The minimum atomic E-state index is -0.820. The van der Waals surface area contributed by atoms with E-state index in [1.807, 2.05) is 60.7 Å². The number of carbonyl (C=O) groups excluding carboxylic acids is 2. The quantitative estimate of drug-likeness (QED) is 0.459. The maximum absolute atomic E-state index is 14.3. The van der Waals surface area contributed by atoms with E-state index in [0.29, 0.717) is 34.6 Å². The molecule has 0 radical (unpaired) electrons. The minimum Gasteiger partial charge on any atom is -0.349 e. The second kappa shape index (κ2) is 9.52. The Labute approximate surface area is 218 Å². The summed E-state index contributed by atoms with van der Waals surface area (Å²) in [7, 11) is 0. The molecule has 0 aromatic heterocycles. The summed E-state index contributed by atoms with van der Waals surface area (Å²) < 4.78 is 0. The van der Waals surface area contributed by atoms with Crippen LogP contribution >= 0.6 is 0 Å². The summed E-state index contributed by atoms with van der Waals surface area (Å²) >= 11 is 0. The molecule has 5 heteroatoms. The van der Waals surface area contributed by atoms with E-state index in [-0.39, 0.29) is 17.4 Å². The number of nitrogens with zero attached hydrogens (tertiary/aromatic N) is 2. The molecule has 2 amide bonds. The summed E-state index contributed by atoms with van der Waals surface area (Å²) in [6.45, 7) is 0. The maximum atomic E-state index is 14.3. The smallest absolute Gasteiger partial charge is 0.259 e. The van der Waals surface area contributed by atoms with Crippen LogP contribution in [0.1, 0.15) is 66.1 Å². The molecule has 1 N–H and O–H groups in total. The number of hydrogen-bond acceptors (Lipinski definition) is 3. The highest BCUT2D eigenvalue weighted by molar-refractivity contribution is 6.10. The minimum absolute atomic E-state index is 0.126. The molecule has 4 aliphatic rings. The lowest BCUT2D eigenvalue weighted by Gasteiger charge is -2.57. The van der Waals surface area contributed by atoms with Gasteiger partial charge in [0.15, 0.2) is 0 Å². The van der Waals surface area contributed by atoms with Crippen molar-refractivity contribution < 1.29 is 9.59 Å². The molecule has 3 aromatic carbocycles. The fourth-order valence-electron chi connectivity index (χ4n) is 7.45. The van der Waals surface area contributed by atoms with Crippen LogP contribution in [0.4, 0.5) is 5.69 Å². The highest BCUT2D eigenvalue weighted by Crippen LogP contribution is 2.55. The van der Waals surface area contributed by atoms with Crippen molar-refractivity contribution in [3.63, 3.8) is 0 Å². The van der Waals surface area contributed by atoms with Crippen molar-refractivity contribution in [3.05, 3.63) is 102 Å². The Hall–Kier alpha value is -3.91. The highest BCUT2D eigenvalue weighted by Gasteiger charge is 2.52. The number of hydrogen-bond donors (Lipinski definition) is 1. The number of rotatable bonds is 6. The molecule has 1 unspecified atom stereocenters. The lowest BCUT2D eigenvalue weighted by molar-refractivity contribution is -0.128. The summed E-state index contributed by atoms with van der Waals surface area (Å²) in [6, 6.07) is 26.9. The standard InChI is InChI=1S/C32H31N3O2/c33-21-22-11-13-27(14-12-22)31(37)35(28-9-5-2-6-10-28)29(26-7-3-1-4-8-26)30(36)34-32-18-23-15-24(19-32)17-25(16-23)20-32/h1-14,23-25,29H,15-20H2,(H,34,36). The Morgan fingerprint density at radius 1 is 0.811 bits per heavy atom. The maximum Gasteiger partial charge on any atom is 0.259 e. The van der Waals surface area contributed by atoms with E-state index in [1.165, 1.54) is 19.3 Å². The first-order valence-corrected chi connectivity index (χ1v) is 13.3. The van der Waals surface area contributed by atoms with Gasteiger partial charge in [0.25, 0.3) is 5.91 Å². The molecule has 4 fully saturated rings. The van der Waals surface area contributed by atoms with Gasteiger partial charge in [-0.3, -0.25) is 14.5 Å². The molecule has 0 heterocycles. The number of para-hydroxylation sites is 1. The van der Waals surface area contributed by atoms with Gasteiger partial charge in [0.05, 0.1) is 11.6 Å². The average Bonchev–Trinajstić information content (AvgIpc) is 2.91. The summed E-state index contributed by atoms with van der Waals surface area (Å²) in [5, 5.41) is 12.7. The molecule has 5 nitrogen and oxygen atoms in total. The SMILES string of the molecule is N#Cc1ccc(C(=O)N(c2ccccc2)C(C(=O)NC23CC4CC(CC(C4)C2)C3)c2ccccc2)cc1. The van der Waals surface area contributed by atoms with Crippen LogP contribution in [0.25, 0.3) is 0 Å². The molecule has 4 saturated carbocycles. The predicted molar refractivity (Wildman–Crippen MR) is 143 cm³/mol. The van der Waals surface area contributed by atoms with Crippen molar-refractivity contribution in [3.8, 4) is 6.07 Å². The van der Waals surface area contributed by atoms with E-state index in [2.05, 4.69) is 11.4 Å². The zero-order chi connectivity index (χ0) is 25.4. The van der Waals surface area contributed by atoms with Crippen LogP contribution in [0.5, 0.6) is 0 Å². The van der Waals surface area contributed by atoms with Crippen LogP contribution in [-0.4, -0.2) is 17.4 Å². The molecule has 0 spiro atoms. The van der Waals surface area contributed by atoms with Crippen molar-refractivity contribution in [1.29, 1.82) is 5.26 Å². The van der Waals surface area contributed by atoms with E-state index in [4.69, 9.17) is 0 Å². The van der Waals surface area contributed by atoms with Crippen LogP contribution in [0.15, 0.2) is 84.9 Å². The van der Waals surface area contributed by atoms with E-state index >= 15 is 0 Å². The molecule has 7 rings (SSSR count). The predicted octanol–water partition coefficient (Wildman–Crippen LogP) is 6.03. The summed E-state index contributed by atoms with van der Waals surface area (Å²) in [5.74, 6) is 1.70. The monoisotopic (exact) mass is 489 g/mol. The molecule has 37 heavy (non-hydrogen) atoms. The molecule has 3 aromatic rings. The first-order valence-electron chi connectivity index (χ1n) is 13.3. The largest absolute Gasteiger partial charge is 0.349 e. The third-order valence-corrected chi connectivity index (χ3v) is 8.56. The number of nitriles is 1. The van der Waals surface area contributed by atoms with Gasteiger partial charge in [-0.2, -0.15) is 5.26 Å². The second-order valence-electron chi connectivity index (χ2n) is 11.2. The molecule has 0 saturated heterocycles. The fraction of sp³-hybridized carbons (Fsp3) is 0.344. The van der Waals surface area contributed by atoms with Gasteiger partial charge in [-0.15, -0.1) is 0 Å². The number of amides is 2. The van der Waals surface area contributed by atoms with Gasteiger partial charge in [0, 0.05) is 16.8 Å². The second-order valence-corrected chi connectivity index (χ2v) is 11.2. The van der Waals surface area contributed by atoms with Crippen molar-refractivity contribution in [2.75, 3.05) is 4.90 Å². The Morgan fingerprint density at radius 2 is 1.35 bits per heavy atom. The van der Waals surface area contributed by atoms with Crippen LogP contribution < -0.4 is 10.2 Å². The Morgan fingerprint density at radius 3 is 1.89 bits per heavy atom. The summed E-state index contributed by atoms with van der Waals surface area (Å²) in [4.78, 5) is 30.0. The molecule has 4 bridgehead atoms. The molecule has 186 valence electrons. The number of benzene rings is 3. The number of nitrogens with one attached hydrogen (secondary N) is 1. The zero-order valence-corrected chi connectivity index (χ0v) is 20.8. The van der Waals surface area contributed by atoms with Crippen LogP contribution in [0, 0.1) is 29.1 Å². The third kappa shape index (κ3) is 4.53. The molecular weight excluding hydrogens is 458 g/mol. The lowest BCUT2D eigenvalue weighted by atomic mass is 9.53. The van der Waals surface area contributed by atoms with Crippen LogP contribution in [-0.2, 0) is 4.79 Å². The summed E-state index contributed by atoms with van der Waals surface area (Å²) in [6.07, 6.45) is 7.02. The van der Waals surface area contributed by atoms with Crippen molar-refractivity contribution in [1.82, 2.24) is 5.32 Å². The fourth-order valence-corrected chi connectivity index (χ4v) is 7.45. The number of carbonyl (C=O) groups is 2. The van der Waals surface area contributed by atoms with Crippen molar-refractivity contribution >= 4 is 17.5 Å². The number of anilines is 1. The van der Waals surface area contributed by atoms with Gasteiger partial charge in [-0.1, -0.05) is 48.5 Å². The van der Waals surface area contributed by atoms with Crippen LogP contribution in [0.3, 0.4) is 0 Å².